The van der Waals surface area contributed by atoms with E-state index < -0.39 is 23.5 Å². The zero-order chi connectivity index (χ0) is 21.5. The Labute approximate surface area is 173 Å². The van der Waals surface area contributed by atoms with Gasteiger partial charge >= 0.3 is 5.63 Å². The summed E-state index contributed by atoms with van der Waals surface area (Å²) >= 11 is 0. The molecule has 0 saturated heterocycles. The highest BCUT2D eigenvalue weighted by Crippen LogP contribution is 2.29. The second kappa shape index (κ2) is 9.73. The normalized spacial score (nSPS) is 11.8. The van der Waals surface area contributed by atoms with Gasteiger partial charge in [-0.1, -0.05) is 50.1 Å². The quantitative estimate of drug-likeness (QED) is 0.544. The molecule has 0 fully saturated rings. The number of unbranched alkanes of at least 4 members (excludes halogenated alkanes) is 1. The smallest absolute Gasteiger partial charge is 0.336 e. The first-order valence-corrected chi connectivity index (χ1v) is 9.74. The van der Waals surface area contributed by atoms with E-state index in [4.69, 9.17) is 9.15 Å². The van der Waals surface area contributed by atoms with E-state index in [1.54, 1.807) is 12.1 Å². The van der Waals surface area contributed by atoms with Crippen LogP contribution in [-0.4, -0.2) is 24.5 Å². The predicted octanol–water partition coefficient (Wildman–Crippen LogP) is 2.26. The summed E-state index contributed by atoms with van der Waals surface area (Å²) in [5, 5.41) is 14.3. The molecule has 3 rings (SSSR count). The number of hydrogen-bond acceptors (Lipinski definition) is 6. The Morgan fingerprint density at radius 3 is 2.60 bits per heavy atom. The number of amides is 1. The summed E-state index contributed by atoms with van der Waals surface area (Å²) < 4.78 is 10.7. The first-order valence-electron chi connectivity index (χ1n) is 9.74. The van der Waals surface area contributed by atoms with Gasteiger partial charge < -0.3 is 24.4 Å². The zero-order valence-corrected chi connectivity index (χ0v) is 16.6. The van der Waals surface area contributed by atoms with Crippen LogP contribution in [-0.2, 0) is 9.59 Å². The molecule has 7 heteroatoms. The van der Waals surface area contributed by atoms with Gasteiger partial charge in [-0.15, -0.1) is 0 Å². The molecular formula is C23H22NO6-. The summed E-state index contributed by atoms with van der Waals surface area (Å²) in [5.41, 5.74) is 1.45. The van der Waals surface area contributed by atoms with Crippen LogP contribution in [0.25, 0.3) is 22.1 Å². The van der Waals surface area contributed by atoms with Crippen LogP contribution in [0, 0.1) is 0 Å². The van der Waals surface area contributed by atoms with E-state index in [0.29, 0.717) is 24.2 Å². The van der Waals surface area contributed by atoms with Gasteiger partial charge in [0.05, 0.1) is 12.0 Å². The summed E-state index contributed by atoms with van der Waals surface area (Å²) in [6.07, 6.45) is 1.77. The lowest BCUT2D eigenvalue weighted by atomic mass is 10.0. The van der Waals surface area contributed by atoms with Gasteiger partial charge in [0.15, 0.2) is 6.61 Å². The monoisotopic (exact) mass is 408 g/mol. The number of carboxylic acids is 1. The molecule has 1 aromatic heterocycles. The lowest BCUT2D eigenvalue weighted by Gasteiger charge is -2.19. The van der Waals surface area contributed by atoms with Gasteiger partial charge in [0, 0.05) is 17.5 Å². The van der Waals surface area contributed by atoms with Crippen molar-refractivity contribution in [2.75, 3.05) is 6.61 Å². The molecule has 2 aromatic carbocycles. The highest BCUT2D eigenvalue weighted by atomic mass is 16.5. The van der Waals surface area contributed by atoms with Gasteiger partial charge in [0.1, 0.15) is 11.3 Å². The van der Waals surface area contributed by atoms with Crippen LogP contribution in [0.15, 0.2) is 63.8 Å². The third-order valence-electron chi connectivity index (χ3n) is 4.64. The maximum absolute atomic E-state index is 12.1. The van der Waals surface area contributed by atoms with E-state index >= 15 is 0 Å². The molecule has 0 aliphatic heterocycles. The Balaban J connectivity index is 1.74. The maximum Gasteiger partial charge on any atom is 0.336 e. The fourth-order valence-electron chi connectivity index (χ4n) is 3.13. The fraction of sp³-hybridized carbons (Fsp3) is 0.261. The number of benzene rings is 2. The SMILES string of the molecule is CCCC[C@@H](NC(=O)COc1ccc2c(-c3ccccc3)cc(=O)oc2c1)C(=O)[O-]. The molecule has 1 heterocycles. The first-order chi connectivity index (χ1) is 14.5. The summed E-state index contributed by atoms with van der Waals surface area (Å²) in [5.74, 6) is -1.57. The van der Waals surface area contributed by atoms with Gasteiger partial charge in [-0.25, -0.2) is 4.79 Å². The molecule has 30 heavy (non-hydrogen) atoms. The van der Waals surface area contributed by atoms with Crippen molar-refractivity contribution < 1.29 is 23.8 Å². The topological polar surface area (TPSA) is 109 Å². The van der Waals surface area contributed by atoms with Gasteiger partial charge in [0.2, 0.25) is 0 Å². The van der Waals surface area contributed by atoms with Crippen LogP contribution in [0.2, 0.25) is 0 Å². The van der Waals surface area contributed by atoms with Crippen LogP contribution >= 0.6 is 0 Å². The van der Waals surface area contributed by atoms with Gasteiger partial charge in [-0.05, 0) is 29.7 Å². The Bertz CT molecular complexity index is 1090. The average Bonchev–Trinajstić information content (AvgIpc) is 2.74. The molecule has 0 radical (unpaired) electrons. The summed E-state index contributed by atoms with van der Waals surface area (Å²) in [7, 11) is 0. The lowest BCUT2D eigenvalue weighted by molar-refractivity contribution is -0.308. The van der Waals surface area contributed by atoms with E-state index in [2.05, 4.69) is 5.32 Å². The maximum atomic E-state index is 12.1. The van der Waals surface area contributed by atoms with Crippen LogP contribution in [0.1, 0.15) is 26.2 Å². The number of carbonyl (C=O) groups is 2. The Kier molecular flexibility index (Phi) is 6.85. The minimum absolute atomic E-state index is 0.300. The zero-order valence-electron chi connectivity index (χ0n) is 16.6. The van der Waals surface area contributed by atoms with E-state index in [1.807, 2.05) is 37.3 Å². The van der Waals surface area contributed by atoms with E-state index in [0.717, 1.165) is 22.9 Å². The number of ether oxygens (including phenoxy) is 1. The van der Waals surface area contributed by atoms with Gasteiger partial charge in [-0.2, -0.15) is 0 Å². The summed E-state index contributed by atoms with van der Waals surface area (Å²) in [6.45, 7) is 1.56. The van der Waals surface area contributed by atoms with Crippen LogP contribution < -0.4 is 20.8 Å². The van der Waals surface area contributed by atoms with Crippen LogP contribution in [0.5, 0.6) is 5.75 Å². The molecule has 0 bridgehead atoms. The second-order valence-corrected chi connectivity index (χ2v) is 6.87. The molecular weight excluding hydrogens is 386 g/mol. The third-order valence-corrected chi connectivity index (χ3v) is 4.64. The van der Waals surface area contributed by atoms with Crippen molar-refractivity contribution in [1.29, 1.82) is 0 Å². The number of rotatable bonds is 9. The number of aliphatic carboxylic acids is 1. The standard InChI is InChI=1S/C23H23NO6/c1-2-3-9-19(23(27)28)24-21(25)14-29-16-10-11-17-18(15-7-5-4-6-8-15)13-22(26)30-20(17)12-16/h4-8,10-13,19H,2-3,9,14H2,1H3,(H,24,25)(H,27,28)/p-1/t19-/m1/s1. The number of nitrogens with one attached hydrogen (secondary N) is 1. The Hall–Kier alpha value is -3.61. The molecule has 1 amide bonds. The molecule has 3 aromatic rings. The van der Waals surface area contributed by atoms with Gasteiger partial charge in [-0.3, -0.25) is 4.79 Å². The predicted molar refractivity (Wildman–Crippen MR) is 110 cm³/mol. The molecule has 7 nitrogen and oxygen atoms in total. The number of carboxylic acid groups (broad SMARTS) is 1. The van der Waals surface area contributed by atoms with Crippen molar-refractivity contribution in [1.82, 2.24) is 5.32 Å². The highest BCUT2D eigenvalue weighted by molar-refractivity contribution is 5.93. The summed E-state index contributed by atoms with van der Waals surface area (Å²) in [6, 6.07) is 14.8. The van der Waals surface area contributed by atoms with Crippen molar-refractivity contribution in [3.8, 4) is 16.9 Å². The number of hydrogen-bond donors (Lipinski definition) is 1. The van der Waals surface area contributed by atoms with Crippen molar-refractivity contribution in [3.05, 3.63) is 65.0 Å². The number of fused-ring (bicyclic) bond motifs is 1. The third kappa shape index (κ3) is 5.26. The van der Waals surface area contributed by atoms with E-state index in [-0.39, 0.29) is 6.61 Å². The Morgan fingerprint density at radius 1 is 1.13 bits per heavy atom. The average molecular weight is 408 g/mol. The molecule has 1 atom stereocenters. The van der Waals surface area contributed by atoms with E-state index in [9.17, 15) is 19.5 Å². The molecule has 0 spiro atoms. The minimum Gasteiger partial charge on any atom is -0.548 e. The molecule has 0 unspecified atom stereocenters. The fourth-order valence-corrected chi connectivity index (χ4v) is 3.13. The van der Waals surface area contributed by atoms with Crippen LogP contribution in [0.4, 0.5) is 0 Å². The molecule has 0 aliphatic rings. The van der Waals surface area contributed by atoms with Crippen LogP contribution in [0.3, 0.4) is 0 Å². The summed E-state index contributed by atoms with van der Waals surface area (Å²) in [4.78, 5) is 35.2. The minimum atomic E-state index is -1.32. The highest BCUT2D eigenvalue weighted by Gasteiger charge is 2.14. The van der Waals surface area contributed by atoms with Crippen molar-refractivity contribution in [2.45, 2.75) is 32.2 Å². The Morgan fingerprint density at radius 2 is 1.90 bits per heavy atom. The molecule has 0 aliphatic carbocycles. The molecule has 156 valence electrons. The first kappa shape index (κ1) is 21.1. The largest absolute Gasteiger partial charge is 0.548 e. The van der Waals surface area contributed by atoms with Crippen molar-refractivity contribution >= 4 is 22.8 Å². The number of carbonyl (C=O) groups excluding carboxylic acids is 2. The molecule has 1 N–H and O–H groups in total. The molecule has 0 saturated carbocycles. The van der Waals surface area contributed by atoms with E-state index in [1.165, 1.54) is 12.1 Å². The second-order valence-electron chi connectivity index (χ2n) is 6.87. The van der Waals surface area contributed by atoms with Crippen molar-refractivity contribution in [3.63, 3.8) is 0 Å². The lowest BCUT2D eigenvalue weighted by Crippen LogP contribution is -2.49. The van der Waals surface area contributed by atoms with Gasteiger partial charge in [0.25, 0.3) is 5.91 Å². The van der Waals surface area contributed by atoms with Crippen molar-refractivity contribution in [2.24, 2.45) is 0 Å².